The molecular weight excluding hydrogens is 194 g/mol. The van der Waals surface area contributed by atoms with Gasteiger partial charge in [0, 0.05) is 19.1 Å². The molecule has 0 aliphatic rings. The van der Waals surface area contributed by atoms with Crippen molar-refractivity contribution in [1.29, 1.82) is 0 Å². The topological polar surface area (TPSA) is 60.2 Å². The summed E-state index contributed by atoms with van der Waals surface area (Å²) in [7, 11) is 1.65. The second-order valence-electron chi connectivity index (χ2n) is 4.45. The van der Waals surface area contributed by atoms with E-state index in [2.05, 4.69) is 36.2 Å². The van der Waals surface area contributed by atoms with Gasteiger partial charge in [-0.05, 0) is 20.8 Å². The van der Waals surface area contributed by atoms with Crippen LogP contribution in [0.4, 0.5) is 0 Å². The molecule has 1 aromatic rings. The van der Waals surface area contributed by atoms with Crippen molar-refractivity contribution in [1.82, 2.24) is 15.5 Å². The Balaban J connectivity index is 2.39. The molecule has 0 saturated carbocycles. The van der Waals surface area contributed by atoms with Gasteiger partial charge in [-0.2, -0.15) is 4.98 Å². The first-order valence-corrected chi connectivity index (χ1v) is 5.07. The third-order valence-corrected chi connectivity index (χ3v) is 1.81. The van der Waals surface area contributed by atoms with Crippen molar-refractivity contribution in [2.75, 3.05) is 13.7 Å². The van der Waals surface area contributed by atoms with Gasteiger partial charge in [-0.1, -0.05) is 5.16 Å². The minimum Gasteiger partial charge on any atom is -0.384 e. The summed E-state index contributed by atoms with van der Waals surface area (Å²) < 4.78 is 10.0. The maximum Gasteiger partial charge on any atom is 0.240 e. The third kappa shape index (κ3) is 4.90. The first-order valence-electron chi connectivity index (χ1n) is 5.07. The van der Waals surface area contributed by atoms with Crippen LogP contribution in [-0.2, 0) is 17.7 Å². The molecule has 5 nitrogen and oxygen atoms in total. The molecule has 0 aliphatic heterocycles. The van der Waals surface area contributed by atoms with Crippen LogP contribution in [0.2, 0.25) is 0 Å². The molecule has 0 fully saturated rings. The fraction of sp³-hybridized carbons (Fsp3) is 0.800. The molecule has 0 unspecified atom stereocenters. The highest BCUT2D eigenvalue weighted by molar-refractivity contribution is 4.87. The summed E-state index contributed by atoms with van der Waals surface area (Å²) in [6.45, 7) is 7.49. The predicted molar refractivity (Wildman–Crippen MR) is 56.5 cm³/mol. The zero-order valence-electron chi connectivity index (χ0n) is 9.83. The highest BCUT2D eigenvalue weighted by Crippen LogP contribution is 2.03. The van der Waals surface area contributed by atoms with Gasteiger partial charge in [-0.15, -0.1) is 0 Å². The number of hydrogen-bond donors (Lipinski definition) is 1. The van der Waals surface area contributed by atoms with Gasteiger partial charge in [-0.25, -0.2) is 0 Å². The van der Waals surface area contributed by atoms with Gasteiger partial charge in [0.2, 0.25) is 5.89 Å². The fourth-order valence-corrected chi connectivity index (χ4v) is 0.998. The molecule has 1 heterocycles. The van der Waals surface area contributed by atoms with E-state index in [1.54, 1.807) is 7.11 Å². The second-order valence-corrected chi connectivity index (χ2v) is 4.45. The molecule has 0 spiro atoms. The van der Waals surface area contributed by atoms with E-state index >= 15 is 0 Å². The van der Waals surface area contributed by atoms with Crippen molar-refractivity contribution in [3.63, 3.8) is 0 Å². The summed E-state index contributed by atoms with van der Waals surface area (Å²) in [4.78, 5) is 4.23. The molecule has 0 atom stereocenters. The van der Waals surface area contributed by atoms with Crippen LogP contribution in [0.5, 0.6) is 0 Å². The zero-order chi connectivity index (χ0) is 11.3. The largest absolute Gasteiger partial charge is 0.384 e. The normalized spacial score (nSPS) is 12.0. The lowest BCUT2D eigenvalue weighted by Crippen LogP contribution is -2.35. The Hall–Kier alpha value is -0.940. The number of aromatic nitrogens is 2. The Morgan fingerprint density at radius 2 is 2.13 bits per heavy atom. The lowest BCUT2D eigenvalue weighted by molar-refractivity contribution is 0.199. The summed E-state index contributed by atoms with van der Waals surface area (Å²) >= 11 is 0. The smallest absolute Gasteiger partial charge is 0.240 e. The average Bonchev–Trinajstić information content (AvgIpc) is 2.58. The maximum atomic E-state index is 5.08. The lowest BCUT2D eigenvalue weighted by atomic mass is 10.1. The Bertz CT molecular complexity index is 291. The van der Waals surface area contributed by atoms with Gasteiger partial charge in [0.1, 0.15) is 0 Å². The monoisotopic (exact) mass is 213 g/mol. The van der Waals surface area contributed by atoms with E-state index in [0.717, 1.165) is 0 Å². The Morgan fingerprint density at radius 1 is 1.40 bits per heavy atom. The number of methoxy groups -OCH3 is 1. The van der Waals surface area contributed by atoms with E-state index in [9.17, 15) is 0 Å². The van der Waals surface area contributed by atoms with Crippen molar-refractivity contribution < 1.29 is 9.26 Å². The lowest BCUT2D eigenvalue weighted by Gasteiger charge is -2.18. The zero-order valence-corrected chi connectivity index (χ0v) is 9.83. The fourth-order valence-electron chi connectivity index (χ4n) is 0.998. The van der Waals surface area contributed by atoms with Gasteiger partial charge in [-0.3, -0.25) is 0 Å². The van der Waals surface area contributed by atoms with Crippen molar-refractivity contribution in [2.45, 2.75) is 39.3 Å². The molecule has 1 aromatic heterocycles. The molecular formula is C10H19N3O2. The summed E-state index contributed by atoms with van der Waals surface area (Å²) in [5, 5.41) is 7.13. The molecule has 5 heteroatoms. The number of nitrogens with zero attached hydrogens (tertiary/aromatic N) is 2. The standard InChI is InChI=1S/C10H19N3O2/c1-10(2,3)11-7-9-12-8(13-15-9)5-6-14-4/h11H,5-7H2,1-4H3. The number of hydrogen-bond acceptors (Lipinski definition) is 5. The summed E-state index contributed by atoms with van der Waals surface area (Å²) in [5.74, 6) is 1.32. The van der Waals surface area contributed by atoms with Crippen LogP contribution in [-0.4, -0.2) is 29.4 Å². The first-order chi connectivity index (χ1) is 7.01. The molecule has 0 aromatic carbocycles. The SMILES string of the molecule is COCCc1noc(CNC(C)(C)C)n1. The molecule has 1 rings (SSSR count). The maximum absolute atomic E-state index is 5.08. The van der Waals surface area contributed by atoms with Gasteiger partial charge in [0.05, 0.1) is 13.2 Å². The average molecular weight is 213 g/mol. The van der Waals surface area contributed by atoms with Gasteiger partial charge in [0.15, 0.2) is 5.82 Å². The van der Waals surface area contributed by atoms with Crippen molar-refractivity contribution in [3.05, 3.63) is 11.7 Å². The highest BCUT2D eigenvalue weighted by Gasteiger charge is 2.11. The molecule has 0 radical (unpaired) electrons. The van der Waals surface area contributed by atoms with Crippen molar-refractivity contribution >= 4 is 0 Å². The van der Waals surface area contributed by atoms with E-state index in [1.807, 2.05) is 0 Å². The highest BCUT2D eigenvalue weighted by atomic mass is 16.5. The van der Waals surface area contributed by atoms with E-state index in [1.165, 1.54) is 0 Å². The Kier molecular flexibility index (Phi) is 4.23. The molecule has 0 bridgehead atoms. The molecule has 0 aliphatic carbocycles. The van der Waals surface area contributed by atoms with Crippen molar-refractivity contribution in [3.8, 4) is 0 Å². The van der Waals surface area contributed by atoms with E-state index in [4.69, 9.17) is 9.26 Å². The van der Waals surface area contributed by atoms with Crippen LogP contribution in [0, 0.1) is 0 Å². The van der Waals surface area contributed by atoms with Crippen LogP contribution in [0.1, 0.15) is 32.5 Å². The quantitative estimate of drug-likeness (QED) is 0.795. The van der Waals surface area contributed by atoms with Gasteiger partial charge in [0.25, 0.3) is 0 Å². The van der Waals surface area contributed by atoms with Gasteiger partial charge < -0.3 is 14.6 Å². The van der Waals surface area contributed by atoms with E-state index in [0.29, 0.717) is 31.3 Å². The Labute approximate surface area is 90.2 Å². The van der Waals surface area contributed by atoms with E-state index in [-0.39, 0.29) is 5.54 Å². The van der Waals surface area contributed by atoms with Crippen LogP contribution in [0.25, 0.3) is 0 Å². The predicted octanol–water partition coefficient (Wildman–Crippen LogP) is 1.15. The van der Waals surface area contributed by atoms with E-state index < -0.39 is 0 Å². The minimum atomic E-state index is 0.0567. The third-order valence-electron chi connectivity index (χ3n) is 1.81. The van der Waals surface area contributed by atoms with Crippen LogP contribution in [0.3, 0.4) is 0 Å². The van der Waals surface area contributed by atoms with Gasteiger partial charge >= 0.3 is 0 Å². The first kappa shape index (κ1) is 12.1. The summed E-state index contributed by atoms with van der Waals surface area (Å²) in [6.07, 6.45) is 0.690. The van der Waals surface area contributed by atoms with Crippen LogP contribution in [0.15, 0.2) is 4.52 Å². The second kappa shape index (κ2) is 5.23. The Morgan fingerprint density at radius 3 is 2.73 bits per heavy atom. The number of rotatable bonds is 5. The minimum absolute atomic E-state index is 0.0567. The number of nitrogens with one attached hydrogen (secondary N) is 1. The molecule has 15 heavy (non-hydrogen) atoms. The molecule has 1 N–H and O–H groups in total. The number of ether oxygens (including phenoxy) is 1. The van der Waals surface area contributed by atoms with Crippen LogP contribution >= 0.6 is 0 Å². The van der Waals surface area contributed by atoms with Crippen LogP contribution < -0.4 is 5.32 Å². The molecule has 86 valence electrons. The molecule has 0 amide bonds. The van der Waals surface area contributed by atoms with Crippen molar-refractivity contribution in [2.24, 2.45) is 0 Å². The summed E-state index contributed by atoms with van der Waals surface area (Å²) in [5.41, 5.74) is 0.0567. The summed E-state index contributed by atoms with van der Waals surface area (Å²) in [6, 6.07) is 0. The molecule has 0 saturated heterocycles.